The van der Waals surface area contributed by atoms with Gasteiger partial charge < -0.3 is 15.0 Å². The number of anilines is 2. The van der Waals surface area contributed by atoms with Gasteiger partial charge in [0.1, 0.15) is 5.75 Å². The van der Waals surface area contributed by atoms with Gasteiger partial charge in [-0.3, -0.25) is 9.59 Å². The van der Waals surface area contributed by atoms with Crippen molar-refractivity contribution in [1.82, 2.24) is 0 Å². The number of amides is 2. The fraction of sp³-hybridized carbons (Fsp3) is 0.259. The normalized spacial score (nSPS) is 18.3. The molecule has 0 saturated carbocycles. The van der Waals surface area contributed by atoms with E-state index < -0.39 is 6.04 Å². The number of aryl methyl sites for hydroxylation is 2. The molecule has 0 spiro atoms. The van der Waals surface area contributed by atoms with Gasteiger partial charge in [-0.15, -0.1) is 0 Å². The first-order valence-electron chi connectivity index (χ1n) is 10.9. The lowest BCUT2D eigenvalue weighted by molar-refractivity contribution is -0.125. The van der Waals surface area contributed by atoms with Crippen LogP contribution in [-0.4, -0.2) is 18.9 Å². The van der Waals surface area contributed by atoms with Crippen molar-refractivity contribution in [2.45, 2.75) is 32.7 Å². The number of nitrogens with one attached hydrogen (secondary N) is 1. The first-order chi connectivity index (χ1) is 15.5. The number of carbonyl (C=O) groups is 2. The number of hydrogen-bond acceptors (Lipinski definition) is 3. The van der Waals surface area contributed by atoms with E-state index >= 15 is 0 Å². The topological polar surface area (TPSA) is 58.6 Å². The number of carbonyl (C=O) groups excluding carboxylic acids is 2. The molecule has 164 valence electrons. The van der Waals surface area contributed by atoms with E-state index in [0.717, 1.165) is 33.8 Å². The Morgan fingerprint density at radius 2 is 1.72 bits per heavy atom. The van der Waals surface area contributed by atoms with Gasteiger partial charge in [0.2, 0.25) is 11.8 Å². The standard InChI is InChI=1S/C27H28N2O3/c1-18-9-10-19(2)24(17-18)28-27(31)23-15-16-25(30)29(21-11-13-22(32-3)14-12-21)26(23)20-7-5-4-6-8-20/h4-14,17,23,26H,15-16H2,1-3H3,(H,28,31). The fourth-order valence-electron chi connectivity index (χ4n) is 4.34. The molecular weight excluding hydrogens is 400 g/mol. The highest BCUT2D eigenvalue weighted by Gasteiger charge is 2.41. The Bertz CT molecular complexity index is 1110. The van der Waals surface area contributed by atoms with E-state index in [-0.39, 0.29) is 17.7 Å². The van der Waals surface area contributed by atoms with Crippen molar-refractivity contribution in [3.05, 3.63) is 89.5 Å². The Morgan fingerprint density at radius 3 is 2.41 bits per heavy atom. The van der Waals surface area contributed by atoms with Crippen molar-refractivity contribution in [3.63, 3.8) is 0 Å². The lowest BCUT2D eigenvalue weighted by Crippen LogP contribution is -2.47. The van der Waals surface area contributed by atoms with E-state index in [4.69, 9.17) is 4.74 Å². The molecule has 5 nitrogen and oxygen atoms in total. The summed E-state index contributed by atoms with van der Waals surface area (Å²) in [6.45, 7) is 3.99. The zero-order valence-electron chi connectivity index (χ0n) is 18.7. The average molecular weight is 429 g/mol. The minimum absolute atomic E-state index is 0.0137. The monoisotopic (exact) mass is 428 g/mol. The van der Waals surface area contributed by atoms with E-state index in [9.17, 15) is 9.59 Å². The molecule has 3 aromatic carbocycles. The molecule has 2 unspecified atom stereocenters. The first-order valence-corrected chi connectivity index (χ1v) is 10.9. The van der Waals surface area contributed by atoms with Gasteiger partial charge in [-0.25, -0.2) is 0 Å². The SMILES string of the molecule is COc1ccc(N2C(=O)CCC(C(=O)Nc3cc(C)ccc3C)C2c2ccccc2)cc1. The van der Waals surface area contributed by atoms with Crippen LogP contribution in [-0.2, 0) is 9.59 Å². The van der Waals surface area contributed by atoms with Crippen LogP contribution in [0.15, 0.2) is 72.8 Å². The van der Waals surface area contributed by atoms with Gasteiger partial charge >= 0.3 is 0 Å². The number of benzene rings is 3. The van der Waals surface area contributed by atoms with Crippen LogP contribution in [0.2, 0.25) is 0 Å². The average Bonchev–Trinajstić information content (AvgIpc) is 2.82. The molecule has 1 saturated heterocycles. The largest absolute Gasteiger partial charge is 0.497 e. The molecule has 0 bridgehead atoms. The maximum atomic E-state index is 13.5. The molecule has 0 aliphatic carbocycles. The third kappa shape index (κ3) is 4.37. The summed E-state index contributed by atoms with van der Waals surface area (Å²) in [4.78, 5) is 28.4. The summed E-state index contributed by atoms with van der Waals surface area (Å²) in [6, 6.07) is 22.9. The third-order valence-corrected chi connectivity index (χ3v) is 6.08. The zero-order chi connectivity index (χ0) is 22.7. The first kappa shape index (κ1) is 21.6. The molecule has 0 radical (unpaired) electrons. The summed E-state index contributed by atoms with van der Waals surface area (Å²) in [5.74, 6) is 0.286. The van der Waals surface area contributed by atoms with Crippen LogP contribution in [0.3, 0.4) is 0 Å². The number of methoxy groups -OCH3 is 1. The van der Waals surface area contributed by atoms with Gasteiger partial charge in [0, 0.05) is 17.8 Å². The maximum absolute atomic E-state index is 13.5. The molecule has 1 N–H and O–H groups in total. The highest BCUT2D eigenvalue weighted by Crippen LogP contribution is 2.41. The maximum Gasteiger partial charge on any atom is 0.229 e. The molecule has 1 fully saturated rings. The summed E-state index contributed by atoms with van der Waals surface area (Å²) in [6.07, 6.45) is 0.821. The summed E-state index contributed by atoms with van der Waals surface area (Å²) < 4.78 is 5.27. The van der Waals surface area contributed by atoms with Crippen LogP contribution in [0, 0.1) is 19.8 Å². The molecule has 4 rings (SSSR count). The minimum Gasteiger partial charge on any atom is -0.497 e. The highest BCUT2D eigenvalue weighted by atomic mass is 16.5. The molecule has 0 aromatic heterocycles. The van der Waals surface area contributed by atoms with Gasteiger partial charge in [0.15, 0.2) is 0 Å². The van der Waals surface area contributed by atoms with E-state index in [1.54, 1.807) is 12.0 Å². The van der Waals surface area contributed by atoms with E-state index in [2.05, 4.69) is 5.32 Å². The Balaban J connectivity index is 1.72. The summed E-state index contributed by atoms with van der Waals surface area (Å²) in [7, 11) is 1.61. The molecule has 32 heavy (non-hydrogen) atoms. The van der Waals surface area contributed by atoms with Gasteiger partial charge in [0.05, 0.1) is 19.1 Å². The number of ether oxygens (including phenoxy) is 1. The van der Waals surface area contributed by atoms with Gasteiger partial charge in [-0.1, -0.05) is 42.5 Å². The van der Waals surface area contributed by atoms with Gasteiger partial charge in [-0.05, 0) is 67.3 Å². The second-order valence-corrected chi connectivity index (χ2v) is 8.27. The smallest absolute Gasteiger partial charge is 0.229 e. The summed E-state index contributed by atoms with van der Waals surface area (Å²) >= 11 is 0. The number of nitrogens with zero attached hydrogens (tertiary/aromatic N) is 1. The second-order valence-electron chi connectivity index (χ2n) is 8.27. The predicted octanol–water partition coefficient (Wildman–Crippen LogP) is 5.44. The van der Waals surface area contributed by atoms with Crippen molar-refractivity contribution in [3.8, 4) is 5.75 Å². The van der Waals surface area contributed by atoms with Crippen LogP contribution in [0.4, 0.5) is 11.4 Å². The van der Waals surface area contributed by atoms with Crippen molar-refractivity contribution >= 4 is 23.2 Å². The van der Waals surface area contributed by atoms with Crippen molar-refractivity contribution in [2.24, 2.45) is 5.92 Å². The van der Waals surface area contributed by atoms with E-state index in [1.807, 2.05) is 86.6 Å². The highest BCUT2D eigenvalue weighted by molar-refractivity contribution is 6.00. The zero-order valence-corrected chi connectivity index (χ0v) is 18.7. The van der Waals surface area contributed by atoms with Crippen LogP contribution in [0.25, 0.3) is 0 Å². The molecule has 1 aliphatic heterocycles. The molecule has 2 atom stereocenters. The molecule has 2 amide bonds. The lowest BCUT2D eigenvalue weighted by atomic mass is 9.83. The summed E-state index contributed by atoms with van der Waals surface area (Å²) in [5, 5.41) is 3.13. The van der Waals surface area contributed by atoms with Gasteiger partial charge in [0.25, 0.3) is 0 Å². The summed E-state index contributed by atoms with van der Waals surface area (Å²) in [5.41, 5.74) is 4.62. The van der Waals surface area contributed by atoms with E-state index in [1.165, 1.54) is 0 Å². The van der Waals surface area contributed by atoms with Crippen LogP contribution < -0.4 is 15.0 Å². The molecular formula is C27H28N2O3. The number of rotatable bonds is 5. The van der Waals surface area contributed by atoms with Crippen molar-refractivity contribution < 1.29 is 14.3 Å². The Kier molecular flexibility index (Phi) is 6.26. The third-order valence-electron chi connectivity index (χ3n) is 6.08. The quantitative estimate of drug-likeness (QED) is 0.589. The number of piperidine rings is 1. The molecule has 3 aromatic rings. The number of hydrogen-bond donors (Lipinski definition) is 1. The lowest BCUT2D eigenvalue weighted by Gasteiger charge is -2.41. The van der Waals surface area contributed by atoms with Crippen LogP contribution >= 0.6 is 0 Å². The molecule has 5 heteroatoms. The van der Waals surface area contributed by atoms with Crippen molar-refractivity contribution in [2.75, 3.05) is 17.3 Å². The Hall–Kier alpha value is -3.60. The minimum atomic E-state index is -0.393. The Labute approximate surface area is 189 Å². The fourth-order valence-corrected chi connectivity index (χ4v) is 4.34. The van der Waals surface area contributed by atoms with Crippen molar-refractivity contribution in [1.29, 1.82) is 0 Å². The van der Waals surface area contributed by atoms with Gasteiger partial charge in [-0.2, -0.15) is 0 Å². The molecule has 1 aliphatic rings. The van der Waals surface area contributed by atoms with Crippen LogP contribution in [0.1, 0.15) is 35.6 Å². The Morgan fingerprint density at radius 1 is 1.00 bits per heavy atom. The van der Waals surface area contributed by atoms with E-state index in [0.29, 0.717) is 12.8 Å². The second kappa shape index (κ2) is 9.27. The molecule has 1 heterocycles. The van der Waals surface area contributed by atoms with Crippen LogP contribution in [0.5, 0.6) is 5.75 Å². The predicted molar refractivity (Wildman–Crippen MR) is 127 cm³/mol.